The summed E-state index contributed by atoms with van der Waals surface area (Å²) in [6.45, 7) is 2.05. The molecule has 1 aromatic heterocycles. The van der Waals surface area contributed by atoms with Gasteiger partial charge in [-0.3, -0.25) is 4.72 Å². The maximum absolute atomic E-state index is 12.3. The number of nitrogens with two attached hydrogens (primary N) is 1. The second kappa shape index (κ2) is 5.91. The van der Waals surface area contributed by atoms with Crippen LogP contribution in [0.25, 0.3) is 0 Å². The molecule has 4 nitrogen and oxygen atoms in total. The van der Waals surface area contributed by atoms with Gasteiger partial charge in [0.15, 0.2) is 0 Å². The van der Waals surface area contributed by atoms with E-state index in [1.807, 2.05) is 0 Å². The molecule has 8 heteroatoms. The lowest BCUT2D eigenvalue weighted by molar-refractivity contribution is 0.601. The zero-order valence-corrected chi connectivity index (χ0v) is 13.6. The number of hydrogen-bond acceptors (Lipinski definition) is 4. The third-order valence-corrected chi connectivity index (χ3v) is 5.67. The van der Waals surface area contributed by atoms with Gasteiger partial charge in [-0.15, -0.1) is 11.3 Å². The van der Waals surface area contributed by atoms with Crippen molar-refractivity contribution in [3.05, 3.63) is 44.1 Å². The minimum atomic E-state index is -3.68. The van der Waals surface area contributed by atoms with Crippen LogP contribution < -0.4 is 10.5 Å². The number of aryl methyl sites for hydroxylation is 1. The molecule has 0 saturated heterocycles. The van der Waals surface area contributed by atoms with E-state index in [9.17, 15) is 8.42 Å². The van der Waals surface area contributed by atoms with Gasteiger partial charge in [0.25, 0.3) is 10.0 Å². The molecule has 0 atom stereocenters. The quantitative estimate of drug-likeness (QED) is 0.884. The molecule has 1 heterocycles. The maximum atomic E-state index is 12.3. The van der Waals surface area contributed by atoms with Crippen molar-refractivity contribution in [1.29, 1.82) is 0 Å². The van der Waals surface area contributed by atoms with Crippen molar-refractivity contribution in [3.8, 4) is 0 Å². The topological polar surface area (TPSA) is 72.2 Å². The lowest BCUT2D eigenvalue weighted by Gasteiger charge is -2.08. The molecule has 0 radical (unpaired) electrons. The van der Waals surface area contributed by atoms with E-state index >= 15 is 0 Å². The largest absolute Gasteiger partial charge is 0.326 e. The Balaban J connectivity index is 2.37. The molecular formula is C12H12Cl2N2O2S2. The number of benzene rings is 1. The standard InChI is InChI=1S/C12H12Cl2N2O2S2/c1-7-12(5-11(6-15)19-7)20(17,18)16-10-3-8(13)2-9(14)4-10/h2-5,16H,6,15H2,1H3. The normalized spacial score (nSPS) is 11.6. The minimum absolute atomic E-state index is 0.221. The summed E-state index contributed by atoms with van der Waals surface area (Å²) in [7, 11) is -3.68. The fraction of sp³-hybridized carbons (Fsp3) is 0.167. The zero-order chi connectivity index (χ0) is 14.9. The van der Waals surface area contributed by atoms with Crippen LogP contribution in [0.2, 0.25) is 10.0 Å². The first kappa shape index (κ1) is 15.6. The van der Waals surface area contributed by atoms with E-state index in [-0.39, 0.29) is 4.90 Å². The highest BCUT2D eigenvalue weighted by Gasteiger charge is 2.20. The molecule has 0 spiro atoms. The second-order valence-electron chi connectivity index (χ2n) is 4.10. The summed E-state index contributed by atoms with van der Waals surface area (Å²) in [5, 5.41) is 0.722. The first-order valence-electron chi connectivity index (χ1n) is 5.60. The molecule has 0 fully saturated rings. The van der Waals surface area contributed by atoms with Gasteiger partial charge in [0.05, 0.1) is 5.69 Å². The summed E-state index contributed by atoms with van der Waals surface area (Å²) in [5.41, 5.74) is 5.85. The number of halogens is 2. The molecule has 2 rings (SSSR count). The Hall–Kier alpha value is -0.790. The molecule has 0 bridgehead atoms. The van der Waals surface area contributed by atoms with Crippen LogP contribution in [0.5, 0.6) is 0 Å². The Morgan fingerprint density at radius 3 is 2.30 bits per heavy atom. The summed E-state index contributed by atoms with van der Waals surface area (Å²) in [6, 6.07) is 6.10. The average molecular weight is 351 g/mol. The molecule has 108 valence electrons. The highest BCUT2D eigenvalue weighted by molar-refractivity contribution is 7.93. The lowest BCUT2D eigenvalue weighted by Crippen LogP contribution is -2.13. The maximum Gasteiger partial charge on any atom is 0.263 e. The number of rotatable bonds is 4. The summed E-state index contributed by atoms with van der Waals surface area (Å²) in [5.74, 6) is 0. The van der Waals surface area contributed by atoms with E-state index in [1.165, 1.54) is 29.5 Å². The van der Waals surface area contributed by atoms with Crippen molar-refractivity contribution in [1.82, 2.24) is 0 Å². The van der Waals surface area contributed by atoms with Crippen LogP contribution in [0.3, 0.4) is 0 Å². The SMILES string of the molecule is Cc1sc(CN)cc1S(=O)(=O)Nc1cc(Cl)cc(Cl)c1. The van der Waals surface area contributed by atoms with E-state index in [1.54, 1.807) is 13.0 Å². The number of nitrogens with one attached hydrogen (secondary N) is 1. The van der Waals surface area contributed by atoms with Gasteiger partial charge in [-0.25, -0.2) is 8.42 Å². The highest BCUT2D eigenvalue weighted by atomic mass is 35.5. The molecule has 0 amide bonds. The summed E-state index contributed by atoms with van der Waals surface area (Å²) >= 11 is 13.1. The summed E-state index contributed by atoms with van der Waals surface area (Å²) in [4.78, 5) is 1.72. The van der Waals surface area contributed by atoms with Crippen molar-refractivity contribution in [2.45, 2.75) is 18.4 Å². The monoisotopic (exact) mass is 350 g/mol. The van der Waals surface area contributed by atoms with E-state index in [0.717, 1.165) is 4.88 Å². The highest BCUT2D eigenvalue weighted by Crippen LogP contribution is 2.29. The number of anilines is 1. The zero-order valence-electron chi connectivity index (χ0n) is 10.5. The Bertz CT molecular complexity index is 722. The predicted molar refractivity (Wildman–Crippen MR) is 84.2 cm³/mol. The lowest BCUT2D eigenvalue weighted by atomic mass is 10.3. The van der Waals surface area contributed by atoms with Crippen LogP contribution in [-0.2, 0) is 16.6 Å². The van der Waals surface area contributed by atoms with Gasteiger partial charge < -0.3 is 5.73 Å². The molecule has 2 aromatic rings. The molecular weight excluding hydrogens is 339 g/mol. The fourth-order valence-electron chi connectivity index (χ4n) is 1.71. The second-order valence-corrected chi connectivity index (χ2v) is 7.97. The molecule has 0 aliphatic heterocycles. The van der Waals surface area contributed by atoms with Crippen LogP contribution in [0.15, 0.2) is 29.2 Å². The molecule has 0 saturated carbocycles. The van der Waals surface area contributed by atoms with Gasteiger partial charge in [-0.2, -0.15) is 0 Å². The van der Waals surface area contributed by atoms with Crippen LogP contribution in [0, 0.1) is 6.92 Å². The number of thiophene rings is 1. The Morgan fingerprint density at radius 2 is 1.80 bits per heavy atom. The van der Waals surface area contributed by atoms with Crippen molar-refractivity contribution >= 4 is 50.2 Å². The summed E-state index contributed by atoms with van der Waals surface area (Å²) in [6.07, 6.45) is 0. The van der Waals surface area contributed by atoms with Crippen LogP contribution in [0.4, 0.5) is 5.69 Å². The van der Waals surface area contributed by atoms with Crippen LogP contribution in [0.1, 0.15) is 9.75 Å². The third kappa shape index (κ3) is 3.45. The number of sulfonamides is 1. The Labute approximate surface area is 131 Å². The van der Waals surface area contributed by atoms with Gasteiger partial charge in [-0.05, 0) is 31.2 Å². The van der Waals surface area contributed by atoms with Crippen LogP contribution >= 0.6 is 34.5 Å². The summed E-state index contributed by atoms with van der Waals surface area (Å²) < 4.78 is 27.1. The van der Waals surface area contributed by atoms with E-state index in [2.05, 4.69) is 4.72 Å². The van der Waals surface area contributed by atoms with Gasteiger partial charge in [0.2, 0.25) is 0 Å². The van der Waals surface area contributed by atoms with Gasteiger partial charge >= 0.3 is 0 Å². The van der Waals surface area contributed by atoms with Crippen molar-refractivity contribution < 1.29 is 8.42 Å². The minimum Gasteiger partial charge on any atom is -0.326 e. The Morgan fingerprint density at radius 1 is 1.20 bits per heavy atom. The molecule has 0 aliphatic rings. The van der Waals surface area contributed by atoms with Crippen molar-refractivity contribution in [2.75, 3.05) is 4.72 Å². The van der Waals surface area contributed by atoms with Gasteiger partial charge in [-0.1, -0.05) is 23.2 Å². The average Bonchev–Trinajstić information content (AvgIpc) is 2.69. The van der Waals surface area contributed by atoms with Gasteiger partial charge in [0, 0.05) is 26.3 Å². The first-order chi connectivity index (χ1) is 9.31. The van der Waals surface area contributed by atoms with Gasteiger partial charge in [0.1, 0.15) is 4.90 Å². The van der Waals surface area contributed by atoms with E-state index in [4.69, 9.17) is 28.9 Å². The fourth-order valence-corrected chi connectivity index (χ4v) is 4.80. The molecule has 3 N–H and O–H groups in total. The van der Waals surface area contributed by atoms with E-state index < -0.39 is 10.0 Å². The van der Waals surface area contributed by atoms with Crippen LogP contribution in [-0.4, -0.2) is 8.42 Å². The smallest absolute Gasteiger partial charge is 0.263 e. The van der Waals surface area contributed by atoms with Crippen molar-refractivity contribution in [3.63, 3.8) is 0 Å². The first-order valence-corrected chi connectivity index (χ1v) is 8.65. The van der Waals surface area contributed by atoms with E-state index in [0.29, 0.717) is 27.2 Å². The number of hydrogen-bond donors (Lipinski definition) is 2. The third-order valence-electron chi connectivity index (χ3n) is 2.53. The Kier molecular flexibility index (Phi) is 4.61. The molecule has 20 heavy (non-hydrogen) atoms. The molecule has 0 aliphatic carbocycles. The molecule has 0 unspecified atom stereocenters. The molecule has 1 aromatic carbocycles. The van der Waals surface area contributed by atoms with Crippen molar-refractivity contribution in [2.24, 2.45) is 5.73 Å². The predicted octanol–water partition coefficient (Wildman–Crippen LogP) is 3.62.